The number of hydrogen-bond donors (Lipinski definition) is 1. The number of benzene rings is 1. The van der Waals surface area contributed by atoms with Crippen molar-refractivity contribution in [2.45, 2.75) is 90.7 Å². The van der Waals surface area contributed by atoms with Crippen LogP contribution in [-0.4, -0.2) is 30.0 Å². The average molecular weight is 433 g/mol. The minimum absolute atomic E-state index is 0.115. The van der Waals surface area contributed by atoms with Crippen LogP contribution in [0.3, 0.4) is 0 Å². The lowest BCUT2D eigenvalue weighted by Gasteiger charge is -2.33. The highest BCUT2D eigenvalue weighted by Crippen LogP contribution is 2.29. The van der Waals surface area contributed by atoms with Crippen molar-refractivity contribution in [2.75, 3.05) is 6.61 Å². The molecule has 2 unspecified atom stereocenters. The Morgan fingerprint density at radius 1 is 0.968 bits per heavy atom. The fourth-order valence-electron chi connectivity index (χ4n) is 3.55. The molecule has 1 aromatic rings. The van der Waals surface area contributed by atoms with Crippen molar-refractivity contribution < 1.29 is 23.9 Å². The van der Waals surface area contributed by atoms with Crippen molar-refractivity contribution in [3.8, 4) is 0 Å². The van der Waals surface area contributed by atoms with Crippen LogP contribution < -0.4 is 5.32 Å². The van der Waals surface area contributed by atoms with Crippen molar-refractivity contribution in [1.82, 2.24) is 5.32 Å². The van der Waals surface area contributed by atoms with Crippen LogP contribution in [0.25, 0.3) is 0 Å². The summed E-state index contributed by atoms with van der Waals surface area (Å²) in [7, 11) is 0. The number of aryl methyl sites for hydroxylation is 1. The van der Waals surface area contributed by atoms with Gasteiger partial charge in [-0.25, -0.2) is 0 Å². The van der Waals surface area contributed by atoms with Gasteiger partial charge in [-0.05, 0) is 30.9 Å². The second-order valence-corrected chi connectivity index (χ2v) is 8.30. The first kappa shape index (κ1) is 26.7. The van der Waals surface area contributed by atoms with Gasteiger partial charge in [0.25, 0.3) is 0 Å². The lowest BCUT2D eigenvalue weighted by Crippen LogP contribution is -2.50. The van der Waals surface area contributed by atoms with Crippen molar-refractivity contribution >= 4 is 17.8 Å². The van der Waals surface area contributed by atoms with E-state index in [1.807, 2.05) is 24.3 Å². The molecule has 6 nitrogen and oxygen atoms in total. The van der Waals surface area contributed by atoms with E-state index in [-0.39, 0.29) is 18.9 Å². The highest BCUT2D eigenvalue weighted by atomic mass is 16.5. The first-order valence-corrected chi connectivity index (χ1v) is 11.2. The minimum atomic E-state index is -1.12. The Morgan fingerprint density at radius 2 is 1.58 bits per heavy atom. The first-order chi connectivity index (χ1) is 14.6. The number of ether oxygens (including phenoxy) is 2. The van der Waals surface area contributed by atoms with Crippen LogP contribution in [0.1, 0.15) is 89.9 Å². The number of hydrogen-bond acceptors (Lipinski definition) is 5. The molecular formula is C25H38NO5. The van der Waals surface area contributed by atoms with Gasteiger partial charge in [-0.15, -0.1) is 0 Å². The molecule has 1 aromatic carbocycles. The topological polar surface area (TPSA) is 81.7 Å². The number of nitrogens with one attached hydrogen (secondary N) is 1. The summed E-state index contributed by atoms with van der Waals surface area (Å²) in [6.07, 6.45) is 8.08. The van der Waals surface area contributed by atoms with Gasteiger partial charge < -0.3 is 14.8 Å². The van der Waals surface area contributed by atoms with Crippen LogP contribution in [0.4, 0.5) is 0 Å². The Balaban J connectivity index is 2.83. The highest BCUT2D eigenvalue weighted by molar-refractivity contribution is 5.74. The van der Waals surface area contributed by atoms with E-state index in [1.54, 1.807) is 0 Å². The van der Waals surface area contributed by atoms with Crippen LogP contribution in [-0.2, 0) is 30.3 Å². The van der Waals surface area contributed by atoms with Gasteiger partial charge in [-0.2, -0.15) is 0 Å². The Labute approximate surface area is 187 Å². The molecule has 0 heterocycles. The van der Waals surface area contributed by atoms with Crippen LogP contribution >= 0.6 is 0 Å². The maximum atomic E-state index is 11.7. The molecule has 0 aliphatic carbocycles. The molecule has 0 saturated carbocycles. The molecule has 0 spiro atoms. The Kier molecular flexibility index (Phi) is 11.9. The van der Waals surface area contributed by atoms with Gasteiger partial charge in [0.2, 0.25) is 5.91 Å². The number of rotatable bonds is 14. The van der Waals surface area contributed by atoms with E-state index >= 15 is 0 Å². The number of esters is 2. The van der Waals surface area contributed by atoms with Gasteiger partial charge in [0, 0.05) is 27.2 Å². The van der Waals surface area contributed by atoms with E-state index in [0.29, 0.717) is 0 Å². The molecule has 0 bridgehead atoms. The molecule has 173 valence electrons. The molecule has 2 atom stereocenters. The molecule has 6 heteroatoms. The van der Waals surface area contributed by atoms with Gasteiger partial charge in [-0.1, -0.05) is 63.3 Å². The Hall–Kier alpha value is -2.37. The summed E-state index contributed by atoms with van der Waals surface area (Å²) in [4.78, 5) is 34.6. The summed E-state index contributed by atoms with van der Waals surface area (Å²) < 4.78 is 10.6. The van der Waals surface area contributed by atoms with Crippen molar-refractivity contribution in [3.63, 3.8) is 0 Å². The van der Waals surface area contributed by atoms with Gasteiger partial charge >= 0.3 is 11.9 Å². The fraction of sp³-hybridized carbons (Fsp3) is 0.600. The van der Waals surface area contributed by atoms with Crippen LogP contribution in [0.2, 0.25) is 0 Å². The molecular weight excluding hydrogens is 394 g/mol. The molecule has 1 amide bonds. The second kappa shape index (κ2) is 13.8. The smallest absolute Gasteiger partial charge is 0.303 e. The normalized spacial score (nSPS) is 13.7. The summed E-state index contributed by atoms with van der Waals surface area (Å²) in [5.41, 5.74) is 0.931. The summed E-state index contributed by atoms with van der Waals surface area (Å²) in [5.74, 6) is -1.21. The number of unbranched alkanes of at least 4 members (excludes halogenated alkanes) is 5. The van der Waals surface area contributed by atoms with E-state index in [1.165, 1.54) is 58.4 Å². The van der Waals surface area contributed by atoms with E-state index in [4.69, 9.17) is 9.47 Å². The number of carbonyl (C=O) groups excluding carboxylic acids is 3. The van der Waals surface area contributed by atoms with Gasteiger partial charge in [0.15, 0.2) is 0 Å². The monoisotopic (exact) mass is 432 g/mol. The predicted octanol–water partition coefficient (Wildman–Crippen LogP) is 4.86. The molecule has 0 aliphatic heterocycles. The largest absolute Gasteiger partial charge is 0.463 e. The molecule has 1 rings (SSSR count). The van der Waals surface area contributed by atoms with E-state index in [9.17, 15) is 14.4 Å². The third kappa shape index (κ3) is 11.6. The zero-order valence-electron chi connectivity index (χ0n) is 19.5. The first-order valence-electron chi connectivity index (χ1n) is 11.2. The summed E-state index contributed by atoms with van der Waals surface area (Å²) in [5, 5.41) is 2.73. The van der Waals surface area contributed by atoms with Crippen LogP contribution in [0, 0.1) is 6.92 Å². The van der Waals surface area contributed by atoms with E-state index in [2.05, 4.69) is 19.2 Å². The lowest BCUT2D eigenvalue weighted by molar-refractivity contribution is -0.150. The zero-order chi connectivity index (χ0) is 23.3. The summed E-state index contributed by atoms with van der Waals surface area (Å²) >= 11 is 0. The SMILES string of the molecule is [CH2]C(COC(C)=O)(CC(OC(C)=O)c1ccc(CCCCCCCC)cc1)NC(C)=O. The molecule has 0 fully saturated rings. The predicted molar refractivity (Wildman–Crippen MR) is 121 cm³/mol. The quantitative estimate of drug-likeness (QED) is 0.335. The molecule has 0 saturated heterocycles. The van der Waals surface area contributed by atoms with Gasteiger partial charge in [0.05, 0.1) is 5.54 Å². The Morgan fingerprint density at radius 3 is 2.13 bits per heavy atom. The maximum absolute atomic E-state index is 11.7. The second-order valence-electron chi connectivity index (χ2n) is 8.30. The maximum Gasteiger partial charge on any atom is 0.303 e. The average Bonchev–Trinajstić information content (AvgIpc) is 2.68. The standard InChI is InChI=1S/C25H38NO5/c1-6-7-8-9-10-11-12-22-13-15-23(16-14-22)24(31-21(4)29)17-25(5,26-19(2)27)18-30-20(3)28/h13-16,24H,5-12,17-18H2,1-4H3,(H,26,27). The third-order valence-corrected chi connectivity index (χ3v) is 5.05. The lowest BCUT2D eigenvalue weighted by atomic mass is 9.90. The van der Waals surface area contributed by atoms with E-state index in [0.717, 1.165) is 18.4 Å². The molecule has 1 N–H and O–H groups in total. The van der Waals surface area contributed by atoms with Crippen LogP contribution in [0.15, 0.2) is 24.3 Å². The number of amides is 1. The van der Waals surface area contributed by atoms with Gasteiger partial charge in [0.1, 0.15) is 12.7 Å². The van der Waals surface area contributed by atoms with Crippen molar-refractivity contribution in [1.29, 1.82) is 0 Å². The molecule has 0 aliphatic rings. The minimum Gasteiger partial charge on any atom is -0.463 e. The highest BCUT2D eigenvalue weighted by Gasteiger charge is 2.33. The summed E-state index contributed by atoms with van der Waals surface area (Å²) in [6.45, 7) is 10.1. The fourth-order valence-corrected chi connectivity index (χ4v) is 3.55. The molecule has 0 aromatic heterocycles. The van der Waals surface area contributed by atoms with E-state index < -0.39 is 23.6 Å². The zero-order valence-corrected chi connectivity index (χ0v) is 19.5. The number of carbonyl (C=O) groups is 3. The summed E-state index contributed by atoms with van der Waals surface area (Å²) in [6, 6.07) is 7.99. The molecule has 1 radical (unpaired) electrons. The third-order valence-electron chi connectivity index (χ3n) is 5.05. The van der Waals surface area contributed by atoms with Crippen molar-refractivity contribution in [3.05, 3.63) is 42.3 Å². The van der Waals surface area contributed by atoms with Gasteiger partial charge in [-0.3, -0.25) is 14.4 Å². The van der Waals surface area contributed by atoms with Crippen molar-refractivity contribution in [2.24, 2.45) is 0 Å². The Bertz CT molecular complexity index is 700. The van der Waals surface area contributed by atoms with Crippen LogP contribution in [0.5, 0.6) is 0 Å². The molecule has 31 heavy (non-hydrogen) atoms.